The van der Waals surface area contributed by atoms with Crippen molar-refractivity contribution in [1.29, 1.82) is 0 Å². The van der Waals surface area contributed by atoms with Crippen molar-refractivity contribution in [3.63, 3.8) is 0 Å². The average molecular weight is 254 g/mol. The van der Waals surface area contributed by atoms with Crippen LogP contribution in [0.25, 0.3) is 0 Å². The van der Waals surface area contributed by atoms with E-state index in [1.807, 2.05) is 0 Å². The molecule has 2 fully saturated rings. The Kier molecular flexibility index (Phi) is 5.94. The summed E-state index contributed by atoms with van der Waals surface area (Å²) >= 11 is 0. The second-order valence-corrected chi connectivity index (χ2v) is 5.60. The summed E-state index contributed by atoms with van der Waals surface area (Å²) in [6.07, 6.45) is 6.44. The fourth-order valence-electron chi connectivity index (χ4n) is 2.82. The second kappa shape index (κ2) is 7.74. The minimum atomic E-state index is 0.229. The van der Waals surface area contributed by atoms with E-state index in [1.54, 1.807) is 0 Å². The number of rotatable bonds is 6. The Morgan fingerprint density at radius 2 is 2.00 bits per heavy atom. The molecular formula is C14H26N2O2. The lowest BCUT2D eigenvalue weighted by molar-refractivity contribution is -0.121. The number of hydrogen-bond acceptors (Lipinski definition) is 3. The number of piperidine rings is 1. The van der Waals surface area contributed by atoms with Crippen molar-refractivity contribution >= 4 is 5.91 Å². The summed E-state index contributed by atoms with van der Waals surface area (Å²) in [5.41, 5.74) is 0. The third kappa shape index (κ3) is 4.94. The Bertz CT molecular complexity index is 246. The van der Waals surface area contributed by atoms with Gasteiger partial charge in [0.15, 0.2) is 0 Å². The fourth-order valence-corrected chi connectivity index (χ4v) is 2.82. The maximum atomic E-state index is 11.7. The zero-order valence-corrected chi connectivity index (χ0v) is 11.2. The van der Waals surface area contributed by atoms with E-state index in [0.717, 1.165) is 58.0 Å². The van der Waals surface area contributed by atoms with Crippen LogP contribution in [-0.4, -0.2) is 38.8 Å². The molecule has 2 rings (SSSR count). The Hall–Kier alpha value is -0.610. The Labute approximate surface area is 110 Å². The Morgan fingerprint density at radius 3 is 2.72 bits per heavy atom. The minimum Gasteiger partial charge on any atom is -0.381 e. The topological polar surface area (TPSA) is 50.4 Å². The van der Waals surface area contributed by atoms with E-state index in [9.17, 15) is 4.79 Å². The van der Waals surface area contributed by atoms with Gasteiger partial charge in [-0.05, 0) is 57.0 Å². The SMILES string of the molecule is O=C(CCC1CCNCC1)NCCC1CCOC1. The molecule has 0 spiro atoms. The fraction of sp³-hybridized carbons (Fsp3) is 0.929. The molecule has 2 heterocycles. The van der Waals surface area contributed by atoms with Crippen molar-refractivity contribution < 1.29 is 9.53 Å². The van der Waals surface area contributed by atoms with E-state index in [0.29, 0.717) is 12.3 Å². The number of ether oxygens (including phenoxy) is 1. The monoisotopic (exact) mass is 254 g/mol. The Morgan fingerprint density at radius 1 is 1.17 bits per heavy atom. The summed E-state index contributed by atoms with van der Waals surface area (Å²) in [6.45, 7) is 4.83. The molecule has 1 amide bonds. The molecule has 2 aliphatic heterocycles. The predicted molar refractivity (Wildman–Crippen MR) is 71.4 cm³/mol. The first-order chi connectivity index (χ1) is 8.84. The molecule has 0 aliphatic carbocycles. The van der Waals surface area contributed by atoms with Gasteiger partial charge in [-0.1, -0.05) is 0 Å². The van der Waals surface area contributed by atoms with Gasteiger partial charge in [0.2, 0.25) is 5.91 Å². The lowest BCUT2D eigenvalue weighted by Crippen LogP contribution is -2.30. The van der Waals surface area contributed by atoms with Gasteiger partial charge >= 0.3 is 0 Å². The van der Waals surface area contributed by atoms with E-state index in [2.05, 4.69) is 10.6 Å². The van der Waals surface area contributed by atoms with Gasteiger partial charge in [-0.3, -0.25) is 4.79 Å². The van der Waals surface area contributed by atoms with Gasteiger partial charge in [-0.2, -0.15) is 0 Å². The van der Waals surface area contributed by atoms with Crippen LogP contribution in [0.5, 0.6) is 0 Å². The van der Waals surface area contributed by atoms with Gasteiger partial charge in [0.25, 0.3) is 0 Å². The molecule has 1 atom stereocenters. The highest BCUT2D eigenvalue weighted by Gasteiger charge is 2.16. The minimum absolute atomic E-state index is 0.229. The van der Waals surface area contributed by atoms with Gasteiger partial charge < -0.3 is 15.4 Å². The number of hydrogen-bond donors (Lipinski definition) is 2. The number of carbonyl (C=O) groups is 1. The normalized spacial score (nSPS) is 25.2. The molecule has 4 heteroatoms. The van der Waals surface area contributed by atoms with E-state index in [-0.39, 0.29) is 5.91 Å². The highest BCUT2D eigenvalue weighted by molar-refractivity contribution is 5.75. The molecule has 0 saturated carbocycles. The van der Waals surface area contributed by atoms with Crippen molar-refractivity contribution in [3.8, 4) is 0 Å². The molecule has 4 nitrogen and oxygen atoms in total. The maximum absolute atomic E-state index is 11.7. The van der Waals surface area contributed by atoms with Gasteiger partial charge in [-0.15, -0.1) is 0 Å². The molecule has 0 aromatic carbocycles. The first kappa shape index (κ1) is 13.8. The van der Waals surface area contributed by atoms with E-state index >= 15 is 0 Å². The highest BCUT2D eigenvalue weighted by Crippen LogP contribution is 2.18. The third-order valence-electron chi connectivity index (χ3n) is 4.14. The van der Waals surface area contributed by atoms with Crippen LogP contribution in [0.4, 0.5) is 0 Å². The van der Waals surface area contributed by atoms with Crippen LogP contribution in [0, 0.1) is 11.8 Å². The van der Waals surface area contributed by atoms with Crippen LogP contribution in [0.15, 0.2) is 0 Å². The first-order valence-corrected chi connectivity index (χ1v) is 7.40. The summed E-state index contributed by atoms with van der Waals surface area (Å²) in [5, 5.41) is 6.39. The van der Waals surface area contributed by atoms with E-state index < -0.39 is 0 Å². The summed E-state index contributed by atoms with van der Waals surface area (Å²) in [6, 6.07) is 0. The molecule has 0 radical (unpaired) electrons. The molecule has 0 aromatic heterocycles. The van der Waals surface area contributed by atoms with Gasteiger partial charge in [0, 0.05) is 26.2 Å². The number of carbonyl (C=O) groups excluding carboxylic acids is 1. The number of amides is 1. The molecule has 2 aliphatic rings. The van der Waals surface area contributed by atoms with E-state index in [4.69, 9.17) is 4.74 Å². The summed E-state index contributed by atoms with van der Waals surface area (Å²) < 4.78 is 5.32. The second-order valence-electron chi connectivity index (χ2n) is 5.60. The molecule has 2 saturated heterocycles. The zero-order valence-electron chi connectivity index (χ0n) is 11.2. The number of nitrogens with one attached hydrogen (secondary N) is 2. The summed E-state index contributed by atoms with van der Waals surface area (Å²) in [5.74, 6) is 1.64. The molecule has 0 bridgehead atoms. The van der Waals surface area contributed by atoms with Crippen molar-refractivity contribution in [2.45, 2.75) is 38.5 Å². The zero-order chi connectivity index (χ0) is 12.6. The predicted octanol–water partition coefficient (Wildman–Crippen LogP) is 1.31. The van der Waals surface area contributed by atoms with Crippen LogP contribution >= 0.6 is 0 Å². The quantitative estimate of drug-likeness (QED) is 0.751. The largest absolute Gasteiger partial charge is 0.381 e. The van der Waals surface area contributed by atoms with Crippen LogP contribution in [-0.2, 0) is 9.53 Å². The molecule has 104 valence electrons. The molecule has 0 aromatic rings. The highest BCUT2D eigenvalue weighted by atomic mass is 16.5. The lowest BCUT2D eigenvalue weighted by Gasteiger charge is -2.22. The lowest BCUT2D eigenvalue weighted by atomic mass is 9.93. The van der Waals surface area contributed by atoms with Crippen LogP contribution in [0.1, 0.15) is 38.5 Å². The molecule has 1 unspecified atom stereocenters. The maximum Gasteiger partial charge on any atom is 0.220 e. The van der Waals surface area contributed by atoms with Gasteiger partial charge in [0.1, 0.15) is 0 Å². The van der Waals surface area contributed by atoms with Crippen molar-refractivity contribution in [2.75, 3.05) is 32.8 Å². The smallest absolute Gasteiger partial charge is 0.220 e. The van der Waals surface area contributed by atoms with Crippen molar-refractivity contribution in [3.05, 3.63) is 0 Å². The van der Waals surface area contributed by atoms with Crippen LogP contribution in [0.3, 0.4) is 0 Å². The van der Waals surface area contributed by atoms with Crippen molar-refractivity contribution in [1.82, 2.24) is 10.6 Å². The summed E-state index contributed by atoms with van der Waals surface area (Å²) in [7, 11) is 0. The Balaban J connectivity index is 1.49. The van der Waals surface area contributed by atoms with Crippen molar-refractivity contribution in [2.24, 2.45) is 11.8 Å². The third-order valence-corrected chi connectivity index (χ3v) is 4.14. The van der Waals surface area contributed by atoms with Crippen LogP contribution in [0.2, 0.25) is 0 Å². The van der Waals surface area contributed by atoms with Crippen LogP contribution < -0.4 is 10.6 Å². The summed E-state index contributed by atoms with van der Waals surface area (Å²) in [4.78, 5) is 11.7. The first-order valence-electron chi connectivity index (χ1n) is 7.40. The molecular weight excluding hydrogens is 228 g/mol. The molecule has 18 heavy (non-hydrogen) atoms. The molecule has 2 N–H and O–H groups in total. The standard InChI is InChI=1S/C14H26N2O2/c17-14(2-1-12-3-7-15-8-4-12)16-9-5-13-6-10-18-11-13/h12-13,15H,1-11H2,(H,16,17). The average Bonchev–Trinajstić information content (AvgIpc) is 2.91. The van der Waals surface area contributed by atoms with Gasteiger partial charge in [-0.25, -0.2) is 0 Å². The van der Waals surface area contributed by atoms with Gasteiger partial charge in [0.05, 0.1) is 0 Å². The van der Waals surface area contributed by atoms with E-state index in [1.165, 1.54) is 12.8 Å².